The van der Waals surface area contributed by atoms with Gasteiger partial charge in [-0.05, 0) is 43.5 Å². The Hall–Kier alpha value is -2.01. The summed E-state index contributed by atoms with van der Waals surface area (Å²) < 4.78 is 5.62. The van der Waals surface area contributed by atoms with Gasteiger partial charge < -0.3 is 14.6 Å². The van der Waals surface area contributed by atoms with Crippen LogP contribution in [0.5, 0.6) is 0 Å². The van der Waals surface area contributed by atoms with Crippen LogP contribution in [-0.2, 0) is 4.79 Å². The average molecular weight is 321 g/mol. The van der Waals surface area contributed by atoms with Gasteiger partial charge in [0.1, 0.15) is 11.6 Å². The second-order valence-corrected chi connectivity index (χ2v) is 5.85. The van der Waals surface area contributed by atoms with Gasteiger partial charge in [0.2, 0.25) is 5.91 Å². The lowest BCUT2D eigenvalue weighted by Crippen LogP contribution is -2.51. The third-order valence-electron chi connectivity index (χ3n) is 4.00. The number of benzene rings is 1. The Balaban J connectivity index is 1.91. The molecule has 6 heteroatoms. The van der Waals surface area contributed by atoms with Crippen LogP contribution in [-0.4, -0.2) is 36.3 Å². The van der Waals surface area contributed by atoms with E-state index in [-0.39, 0.29) is 17.6 Å². The smallest absolute Gasteiger partial charge is 0.290 e. The highest BCUT2D eigenvalue weighted by atomic mass is 35.5. The van der Waals surface area contributed by atoms with Crippen LogP contribution in [0.25, 0.3) is 11.0 Å². The Morgan fingerprint density at radius 3 is 2.91 bits per heavy atom. The molecular formula is C16H17ClN2O3. The molecule has 1 saturated heterocycles. The molecule has 0 saturated carbocycles. The summed E-state index contributed by atoms with van der Waals surface area (Å²) in [4.78, 5) is 26.3. The monoisotopic (exact) mass is 320 g/mol. The number of nitrogens with one attached hydrogen (secondary N) is 1. The van der Waals surface area contributed by atoms with Crippen molar-refractivity contribution in [2.45, 2.75) is 25.3 Å². The van der Waals surface area contributed by atoms with E-state index in [0.717, 1.165) is 18.2 Å². The van der Waals surface area contributed by atoms with Crippen molar-refractivity contribution in [3.63, 3.8) is 0 Å². The van der Waals surface area contributed by atoms with E-state index in [2.05, 4.69) is 5.32 Å². The molecule has 1 fully saturated rings. The number of nitrogens with zero attached hydrogens (tertiary/aromatic N) is 1. The number of piperidine rings is 1. The minimum atomic E-state index is -0.428. The average Bonchev–Trinajstić information content (AvgIpc) is 2.96. The summed E-state index contributed by atoms with van der Waals surface area (Å²) in [5.74, 6) is -0.138. The lowest BCUT2D eigenvalue weighted by molar-refractivity contribution is -0.126. The maximum Gasteiger partial charge on any atom is 0.290 e. The van der Waals surface area contributed by atoms with E-state index in [4.69, 9.17) is 16.0 Å². The summed E-state index contributed by atoms with van der Waals surface area (Å²) in [6.45, 7) is 0.564. The van der Waals surface area contributed by atoms with E-state index in [1.165, 1.54) is 0 Å². The molecule has 1 aliphatic heterocycles. The highest BCUT2D eigenvalue weighted by molar-refractivity contribution is 6.31. The van der Waals surface area contributed by atoms with E-state index in [9.17, 15) is 9.59 Å². The minimum Gasteiger partial charge on any atom is -0.451 e. The standard InChI is InChI=1S/C16H17ClN2O3/c1-18-15(20)12-4-2-3-7-19(12)16(21)14-9-10-8-11(17)5-6-13(10)22-14/h5-6,8-9,12H,2-4,7H2,1H3,(H,18,20)/t12-/m0/s1. The summed E-state index contributed by atoms with van der Waals surface area (Å²) in [6, 6.07) is 6.46. The van der Waals surface area contributed by atoms with Crippen molar-refractivity contribution < 1.29 is 14.0 Å². The largest absolute Gasteiger partial charge is 0.451 e. The third kappa shape index (κ3) is 2.68. The Bertz CT molecular complexity index is 725. The lowest BCUT2D eigenvalue weighted by atomic mass is 10.0. The second kappa shape index (κ2) is 6.01. The summed E-state index contributed by atoms with van der Waals surface area (Å²) >= 11 is 5.95. The number of halogens is 1. The Morgan fingerprint density at radius 1 is 1.32 bits per heavy atom. The first-order valence-corrected chi connectivity index (χ1v) is 7.69. The predicted octanol–water partition coefficient (Wildman–Crippen LogP) is 2.83. The first-order valence-electron chi connectivity index (χ1n) is 7.32. The van der Waals surface area contributed by atoms with Crippen LogP contribution in [0.15, 0.2) is 28.7 Å². The molecule has 22 heavy (non-hydrogen) atoms. The molecule has 2 heterocycles. The number of furan rings is 1. The summed E-state index contributed by atoms with van der Waals surface area (Å²) in [7, 11) is 1.59. The number of likely N-dealkylation sites (tertiary alicyclic amines) is 1. The molecule has 0 spiro atoms. The van der Waals surface area contributed by atoms with E-state index in [1.54, 1.807) is 36.2 Å². The molecule has 2 amide bonds. The first kappa shape index (κ1) is 14.9. The zero-order chi connectivity index (χ0) is 15.7. The van der Waals surface area contributed by atoms with Crippen LogP contribution in [0, 0.1) is 0 Å². The summed E-state index contributed by atoms with van der Waals surface area (Å²) in [6.07, 6.45) is 2.51. The zero-order valence-electron chi connectivity index (χ0n) is 12.3. The molecule has 1 aromatic carbocycles. The molecule has 2 aromatic rings. The minimum absolute atomic E-state index is 0.132. The number of fused-ring (bicyclic) bond motifs is 1. The molecule has 0 radical (unpaired) electrons. The molecular weight excluding hydrogens is 304 g/mol. The highest BCUT2D eigenvalue weighted by Crippen LogP contribution is 2.26. The zero-order valence-corrected chi connectivity index (χ0v) is 13.0. The van der Waals surface area contributed by atoms with E-state index in [0.29, 0.717) is 23.6 Å². The molecule has 1 aliphatic rings. The van der Waals surface area contributed by atoms with Crippen LogP contribution < -0.4 is 5.32 Å². The quantitative estimate of drug-likeness (QED) is 0.925. The van der Waals surface area contributed by atoms with Crippen LogP contribution in [0.4, 0.5) is 0 Å². The van der Waals surface area contributed by atoms with E-state index < -0.39 is 6.04 Å². The molecule has 116 valence electrons. The van der Waals surface area contributed by atoms with E-state index in [1.807, 2.05) is 0 Å². The van der Waals surface area contributed by atoms with Gasteiger partial charge >= 0.3 is 0 Å². The fourth-order valence-electron chi connectivity index (χ4n) is 2.87. The number of hydrogen-bond donors (Lipinski definition) is 1. The molecule has 5 nitrogen and oxygen atoms in total. The number of rotatable bonds is 2. The van der Waals surface area contributed by atoms with Gasteiger partial charge in [0.15, 0.2) is 5.76 Å². The van der Waals surface area contributed by atoms with Gasteiger partial charge in [0.05, 0.1) is 0 Å². The number of likely N-dealkylation sites (N-methyl/N-ethyl adjacent to an activating group) is 1. The first-order chi connectivity index (χ1) is 10.6. The fraction of sp³-hybridized carbons (Fsp3) is 0.375. The third-order valence-corrected chi connectivity index (χ3v) is 4.24. The molecule has 1 atom stereocenters. The van der Waals surface area contributed by atoms with Crippen LogP contribution in [0.1, 0.15) is 29.8 Å². The Labute approximate surface area is 133 Å². The topological polar surface area (TPSA) is 62.6 Å². The van der Waals surface area contributed by atoms with Gasteiger partial charge in [-0.2, -0.15) is 0 Å². The molecule has 1 aromatic heterocycles. The van der Waals surface area contributed by atoms with Gasteiger partial charge in [-0.25, -0.2) is 0 Å². The van der Waals surface area contributed by atoms with Gasteiger partial charge in [-0.15, -0.1) is 0 Å². The maximum atomic E-state index is 12.7. The van der Waals surface area contributed by atoms with Crippen molar-refractivity contribution in [2.75, 3.05) is 13.6 Å². The number of carbonyl (C=O) groups is 2. The summed E-state index contributed by atoms with van der Waals surface area (Å²) in [5.41, 5.74) is 0.612. The van der Waals surface area contributed by atoms with Gasteiger partial charge in [0.25, 0.3) is 5.91 Å². The highest BCUT2D eigenvalue weighted by Gasteiger charge is 2.33. The lowest BCUT2D eigenvalue weighted by Gasteiger charge is -2.33. The maximum absolute atomic E-state index is 12.7. The molecule has 3 rings (SSSR count). The number of carbonyl (C=O) groups excluding carboxylic acids is 2. The molecule has 0 unspecified atom stereocenters. The fourth-order valence-corrected chi connectivity index (χ4v) is 3.06. The van der Waals surface area contributed by atoms with Crippen LogP contribution in [0.2, 0.25) is 5.02 Å². The predicted molar refractivity (Wildman–Crippen MR) is 84.0 cm³/mol. The number of amides is 2. The van der Waals surface area contributed by atoms with Gasteiger partial charge in [0, 0.05) is 24.0 Å². The van der Waals surface area contributed by atoms with Gasteiger partial charge in [-0.1, -0.05) is 11.6 Å². The van der Waals surface area contributed by atoms with Crippen LogP contribution in [0.3, 0.4) is 0 Å². The van der Waals surface area contributed by atoms with Crippen molar-refractivity contribution in [3.05, 3.63) is 35.0 Å². The van der Waals surface area contributed by atoms with Crippen molar-refractivity contribution in [1.82, 2.24) is 10.2 Å². The van der Waals surface area contributed by atoms with Crippen molar-refractivity contribution in [2.24, 2.45) is 0 Å². The van der Waals surface area contributed by atoms with Crippen molar-refractivity contribution in [3.8, 4) is 0 Å². The van der Waals surface area contributed by atoms with Crippen LogP contribution >= 0.6 is 11.6 Å². The SMILES string of the molecule is CNC(=O)[C@@H]1CCCCN1C(=O)c1cc2cc(Cl)ccc2o1. The summed E-state index contributed by atoms with van der Waals surface area (Å²) in [5, 5.41) is 4.00. The van der Waals surface area contributed by atoms with Gasteiger partial charge in [-0.3, -0.25) is 9.59 Å². The van der Waals surface area contributed by atoms with Crippen molar-refractivity contribution >= 4 is 34.4 Å². The second-order valence-electron chi connectivity index (χ2n) is 5.42. The molecule has 0 aliphatic carbocycles. The van der Waals surface area contributed by atoms with Crippen molar-refractivity contribution in [1.29, 1.82) is 0 Å². The van der Waals surface area contributed by atoms with E-state index >= 15 is 0 Å². The Morgan fingerprint density at radius 2 is 2.14 bits per heavy atom. The molecule has 1 N–H and O–H groups in total. The Kier molecular flexibility index (Phi) is 4.07. The molecule has 0 bridgehead atoms. The number of hydrogen-bond acceptors (Lipinski definition) is 3. The normalized spacial score (nSPS) is 18.5.